The van der Waals surface area contributed by atoms with Crippen molar-refractivity contribution < 1.29 is 28.5 Å². The minimum atomic E-state index is -0.298. The minimum Gasteiger partial charge on any atom is -0.493 e. The smallest absolute Gasteiger partial charge is 0.409 e. The summed E-state index contributed by atoms with van der Waals surface area (Å²) in [7, 11) is 4.63. The summed E-state index contributed by atoms with van der Waals surface area (Å²) in [5, 5.41) is 5.78. The van der Waals surface area contributed by atoms with E-state index in [0.717, 1.165) is 5.56 Å². The number of nitrogens with zero attached hydrogens (tertiary/aromatic N) is 1. The summed E-state index contributed by atoms with van der Waals surface area (Å²) < 4.78 is 20.9. The fraction of sp³-hybridized carbons (Fsp3) is 0.579. The Bertz CT molecular complexity index is 649. The highest BCUT2D eigenvalue weighted by Crippen LogP contribution is 2.38. The van der Waals surface area contributed by atoms with Gasteiger partial charge in [-0.2, -0.15) is 0 Å². The average Bonchev–Trinajstić information content (AvgIpc) is 2.72. The highest BCUT2D eigenvalue weighted by Gasteiger charge is 2.24. The molecule has 1 saturated heterocycles. The standard InChI is InChI=1S/C19H29N3O6/c1-5-28-19(24)22-8-6-14(7-9-22)21-18(23)20-12-13-10-15(25-2)17(27-4)16(11-13)26-3/h10-11,14H,5-9,12H2,1-4H3,(H2,20,21,23). The highest BCUT2D eigenvalue weighted by molar-refractivity contribution is 5.74. The number of carbonyl (C=O) groups is 2. The minimum absolute atomic E-state index is 0.0191. The Morgan fingerprint density at radius 1 is 1.07 bits per heavy atom. The molecule has 9 nitrogen and oxygen atoms in total. The largest absolute Gasteiger partial charge is 0.493 e. The van der Waals surface area contributed by atoms with Crippen LogP contribution in [-0.4, -0.2) is 64.1 Å². The summed E-state index contributed by atoms with van der Waals surface area (Å²) in [6.45, 7) is 3.59. The van der Waals surface area contributed by atoms with E-state index in [1.54, 1.807) is 45.3 Å². The summed E-state index contributed by atoms with van der Waals surface area (Å²) in [6.07, 6.45) is 1.08. The van der Waals surface area contributed by atoms with Crippen LogP contribution in [0.2, 0.25) is 0 Å². The molecule has 3 amide bonds. The lowest BCUT2D eigenvalue weighted by Gasteiger charge is -2.31. The highest BCUT2D eigenvalue weighted by atomic mass is 16.6. The molecule has 0 saturated carbocycles. The maximum absolute atomic E-state index is 12.2. The lowest BCUT2D eigenvalue weighted by molar-refractivity contribution is 0.0957. The monoisotopic (exact) mass is 395 g/mol. The third kappa shape index (κ3) is 5.58. The molecular formula is C19H29N3O6. The number of carbonyl (C=O) groups excluding carboxylic acids is 2. The van der Waals surface area contributed by atoms with E-state index in [2.05, 4.69) is 10.6 Å². The summed E-state index contributed by atoms with van der Waals surface area (Å²) in [6, 6.07) is 3.34. The van der Waals surface area contributed by atoms with E-state index >= 15 is 0 Å². The molecule has 28 heavy (non-hydrogen) atoms. The van der Waals surface area contributed by atoms with E-state index in [1.807, 2.05) is 0 Å². The maximum atomic E-state index is 12.2. The van der Waals surface area contributed by atoms with Gasteiger partial charge < -0.3 is 34.5 Å². The molecule has 156 valence electrons. The van der Waals surface area contributed by atoms with Gasteiger partial charge in [0.2, 0.25) is 5.75 Å². The van der Waals surface area contributed by atoms with Gasteiger partial charge in [0.25, 0.3) is 0 Å². The molecule has 0 bridgehead atoms. The van der Waals surface area contributed by atoms with Crippen LogP contribution in [0.5, 0.6) is 17.2 Å². The predicted octanol–water partition coefficient (Wildman–Crippen LogP) is 2.13. The van der Waals surface area contributed by atoms with Crippen molar-refractivity contribution in [2.75, 3.05) is 41.0 Å². The third-order valence-corrected chi connectivity index (χ3v) is 4.53. The lowest BCUT2D eigenvalue weighted by atomic mass is 10.1. The molecule has 1 fully saturated rings. The van der Waals surface area contributed by atoms with Gasteiger partial charge in [0, 0.05) is 25.7 Å². The molecule has 2 N–H and O–H groups in total. The molecule has 1 heterocycles. The molecule has 2 rings (SSSR count). The molecule has 1 aromatic rings. The number of urea groups is 1. The van der Waals surface area contributed by atoms with Crippen LogP contribution >= 0.6 is 0 Å². The summed E-state index contributed by atoms with van der Waals surface area (Å²) in [5.74, 6) is 1.57. The van der Waals surface area contributed by atoms with Crippen LogP contribution in [0, 0.1) is 0 Å². The van der Waals surface area contributed by atoms with E-state index in [1.165, 1.54) is 0 Å². The topological polar surface area (TPSA) is 98.4 Å². The van der Waals surface area contributed by atoms with Gasteiger partial charge in [-0.25, -0.2) is 9.59 Å². The van der Waals surface area contributed by atoms with E-state index in [4.69, 9.17) is 18.9 Å². The van der Waals surface area contributed by atoms with Gasteiger partial charge in [-0.15, -0.1) is 0 Å². The van der Waals surface area contributed by atoms with E-state index in [9.17, 15) is 9.59 Å². The zero-order valence-electron chi connectivity index (χ0n) is 16.9. The van der Waals surface area contributed by atoms with Crippen molar-refractivity contribution in [2.45, 2.75) is 32.4 Å². The van der Waals surface area contributed by atoms with Crippen molar-refractivity contribution in [3.8, 4) is 17.2 Å². The zero-order valence-corrected chi connectivity index (χ0v) is 16.9. The van der Waals surface area contributed by atoms with Crippen LogP contribution < -0.4 is 24.8 Å². The number of hydrogen-bond acceptors (Lipinski definition) is 6. The summed E-state index contributed by atoms with van der Waals surface area (Å²) in [5.41, 5.74) is 0.821. The van der Waals surface area contributed by atoms with Gasteiger partial charge >= 0.3 is 12.1 Å². The van der Waals surface area contributed by atoms with Crippen LogP contribution in [-0.2, 0) is 11.3 Å². The Morgan fingerprint density at radius 2 is 1.68 bits per heavy atom. The number of nitrogens with one attached hydrogen (secondary N) is 2. The number of methoxy groups -OCH3 is 3. The average molecular weight is 395 g/mol. The van der Waals surface area contributed by atoms with Gasteiger partial charge in [-0.3, -0.25) is 0 Å². The Hall–Kier alpha value is -2.84. The Balaban J connectivity index is 1.84. The quantitative estimate of drug-likeness (QED) is 0.734. The van der Waals surface area contributed by atoms with Crippen molar-refractivity contribution in [3.63, 3.8) is 0 Å². The van der Waals surface area contributed by atoms with Gasteiger partial charge in [0.05, 0.1) is 27.9 Å². The number of ether oxygens (including phenoxy) is 4. The van der Waals surface area contributed by atoms with Crippen LogP contribution in [0.25, 0.3) is 0 Å². The van der Waals surface area contributed by atoms with Crippen LogP contribution in [0.4, 0.5) is 9.59 Å². The first-order valence-corrected chi connectivity index (χ1v) is 9.27. The lowest BCUT2D eigenvalue weighted by Crippen LogP contribution is -2.49. The molecule has 0 radical (unpaired) electrons. The van der Waals surface area contributed by atoms with Crippen molar-refractivity contribution in [3.05, 3.63) is 17.7 Å². The SMILES string of the molecule is CCOC(=O)N1CCC(NC(=O)NCc2cc(OC)c(OC)c(OC)c2)CC1. The molecule has 0 aliphatic carbocycles. The molecule has 1 aromatic carbocycles. The molecule has 1 aliphatic rings. The number of likely N-dealkylation sites (tertiary alicyclic amines) is 1. The molecule has 1 aliphatic heterocycles. The Labute approximate surface area is 165 Å². The number of amides is 3. The van der Waals surface area contributed by atoms with Crippen molar-refractivity contribution in [1.29, 1.82) is 0 Å². The Kier molecular flexibility index (Phi) is 8.03. The second-order valence-corrected chi connectivity index (χ2v) is 6.32. The number of piperidine rings is 1. The number of rotatable bonds is 7. The maximum Gasteiger partial charge on any atom is 0.409 e. The van der Waals surface area contributed by atoms with Crippen LogP contribution in [0.3, 0.4) is 0 Å². The summed E-state index contributed by atoms with van der Waals surface area (Å²) in [4.78, 5) is 25.6. The molecular weight excluding hydrogens is 366 g/mol. The molecule has 0 unspecified atom stereocenters. The molecule has 0 atom stereocenters. The van der Waals surface area contributed by atoms with Crippen LogP contribution in [0.15, 0.2) is 12.1 Å². The van der Waals surface area contributed by atoms with Crippen molar-refractivity contribution in [1.82, 2.24) is 15.5 Å². The first kappa shape index (κ1) is 21.5. The zero-order chi connectivity index (χ0) is 20.5. The van der Waals surface area contributed by atoms with Gasteiger partial charge in [0.15, 0.2) is 11.5 Å². The third-order valence-electron chi connectivity index (χ3n) is 4.53. The van der Waals surface area contributed by atoms with E-state index in [0.29, 0.717) is 56.3 Å². The first-order valence-electron chi connectivity index (χ1n) is 9.27. The first-order chi connectivity index (χ1) is 13.5. The molecule has 0 aromatic heterocycles. The fourth-order valence-corrected chi connectivity index (χ4v) is 3.08. The van der Waals surface area contributed by atoms with Gasteiger partial charge in [-0.1, -0.05) is 0 Å². The second kappa shape index (κ2) is 10.5. The number of hydrogen-bond donors (Lipinski definition) is 2. The van der Waals surface area contributed by atoms with E-state index in [-0.39, 0.29) is 18.2 Å². The predicted molar refractivity (Wildman–Crippen MR) is 103 cm³/mol. The number of benzene rings is 1. The van der Waals surface area contributed by atoms with Crippen LogP contribution in [0.1, 0.15) is 25.3 Å². The molecule has 9 heteroatoms. The Morgan fingerprint density at radius 3 is 2.18 bits per heavy atom. The van der Waals surface area contributed by atoms with Gasteiger partial charge in [-0.05, 0) is 37.5 Å². The van der Waals surface area contributed by atoms with E-state index < -0.39 is 0 Å². The summed E-state index contributed by atoms with van der Waals surface area (Å²) >= 11 is 0. The molecule has 0 spiro atoms. The second-order valence-electron chi connectivity index (χ2n) is 6.32. The van der Waals surface area contributed by atoms with Gasteiger partial charge in [0.1, 0.15) is 0 Å². The fourth-order valence-electron chi connectivity index (χ4n) is 3.08. The van der Waals surface area contributed by atoms with Crippen molar-refractivity contribution in [2.24, 2.45) is 0 Å². The van der Waals surface area contributed by atoms with Crippen molar-refractivity contribution >= 4 is 12.1 Å². The normalized spacial score (nSPS) is 14.2.